The van der Waals surface area contributed by atoms with E-state index in [2.05, 4.69) is 24.8 Å². The number of amides is 2. The number of primary amides is 1. The zero-order chi connectivity index (χ0) is 32.3. The molecule has 1 saturated carbocycles. The molecular formula is C28H22ClCsF5N7O4. The summed E-state index contributed by atoms with van der Waals surface area (Å²) in [5.74, 6) is -2.67. The molecule has 2 aliphatic rings. The Balaban J connectivity index is 0.00000417. The molecule has 2 amide bonds. The van der Waals surface area contributed by atoms with E-state index in [1.807, 2.05) is 0 Å². The standard InChI is InChI=1S/C28H22ClF5N7O4.Cs/c1-13(12-44-28(32,33)34)41-25-17(10-38-41)22(23(24(35)42)18(39-25)6-14-2-3-14)15-4-5-19-20(7-15)45-27(30,31)26(43)40(19)11-21-36-8-16(29)9-37-21;/h4-5,7-10,14H,2-3,6,11-12H2,1H3,(H2,35,42);/q-1;+1. The maximum Gasteiger partial charge on any atom is 1.00 e. The van der Waals surface area contributed by atoms with E-state index in [9.17, 15) is 31.5 Å². The van der Waals surface area contributed by atoms with Gasteiger partial charge in [0.25, 0.3) is 5.91 Å². The number of nitrogens with zero attached hydrogens (tertiary/aromatic N) is 6. The van der Waals surface area contributed by atoms with Crippen molar-refractivity contribution < 1.29 is 110 Å². The van der Waals surface area contributed by atoms with Crippen molar-refractivity contribution in [1.29, 1.82) is 0 Å². The third-order valence-electron chi connectivity index (χ3n) is 7.27. The van der Waals surface area contributed by atoms with Gasteiger partial charge in [-0.05, 0) is 53.8 Å². The van der Waals surface area contributed by atoms with Crippen molar-refractivity contribution in [2.75, 3.05) is 11.5 Å². The normalized spacial score (nSPS) is 15.7. The average molecular weight is 784 g/mol. The number of hydrogen-bond donors (Lipinski definition) is 1. The minimum atomic E-state index is -4.89. The number of benzene rings is 1. The van der Waals surface area contributed by atoms with Gasteiger partial charge < -0.3 is 24.9 Å². The molecule has 0 spiro atoms. The Labute approximate surface area is 321 Å². The van der Waals surface area contributed by atoms with Crippen molar-refractivity contribution >= 4 is 40.1 Å². The molecule has 236 valence electrons. The van der Waals surface area contributed by atoms with Gasteiger partial charge in [-0.2, -0.15) is 8.78 Å². The van der Waals surface area contributed by atoms with Crippen LogP contribution < -0.4 is 84.3 Å². The molecule has 0 bridgehead atoms. The quantitative estimate of drug-likeness (QED) is 0.201. The number of anilines is 1. The van der Waals surface area contributed by atoms with Crippen LogP contribution in [0.25, 0.3) is 22.2 Å². The topological polar surface area (TPSA) is 138 Å². The zero-order valence-electron chi connectivity index (χ0n) is 24.2. The van der Waals surface area contributed by atoms with Crippen LogP contribution >= 0.6 is 11.6 Å². The Kier molecular flexibility index (Phi) is 9.97. The molecule has 4 aromatic rings. The van der Waals surface area contributed by atoms with Crippen molar-refractivity contribution in [2.45, 2.75) is 45.2 Å². The molecule has 6 rings (SSSR count). The number of ether oxygens (including phenoxy) is 2. The third-order valence-corrected chi connectivity index (χ3v) is 7.46. The molecule has 3 aromatic heterocycles. The Morgan fingerprint density at radius 2 is 1.91 bits per heavy atom. The molecule has 11 nitrogen and oxygen atoms in total. The fourth-order valence-corrected chi connectivity index (χ4v) is 5.16. The van der Waals surface area contributed by atoms with Gasteiger partial charge in [0, 0.05) is 36.5 Å². The van der Waals surface area contributed by atoms with Crippen molar-refractivity contribution in [3.05, 3.63) is 64.9 Å². The van der Waals surface area contributed by atoms with Gasteiger partial charge >= 0.3 is 87.3 Å². The number of carbonyl (C=O) groups is 2. The van der Waals surface area contributed by atoms with Crippen LogP contribution in [-0.4, -0.2) is 55.6 Å². The zero-order valence-corrected chi connectivity index (χ0v) is 31.3. The predicted molar refractivity (Wildman–Crippen MR) is 148 cm³/mol. The second kappa shape index (κ2) is 13.2. The van der Waals surface area contributed by atoms with E-state index < -0.39 is 43.2 Å². The van der Waals surface area contributed by atoms with Crippen molar-refractivity contribution in [3.8, 4) is 16.9 Å². The van der Waals surface area contributed by atoms with Crippen LogP contribution in [0.4, 0.5) is 27.6 Å². The first-order chi connectivity index (χ1) is 21.2. The summed E-state index contributed by atoms with van der Waals surface area (Å²) in [6.45, 7) is 0.0868. The molecule has 1 aliphatic carbocycles. The number of nitrogens with two attached hydrogens (primary N) is 1. The van der Waals surface area contributed by atoms with Gasteiger partial charge in [-0.25, -0.2) is 15.1 Å². The molecule has 1 fully saturated rings. The molecule has 0 atom stereocenters. The molecule has 4 heterocycles. The second-order valence-electron chi connectivity index (χ2n) is 10.6. The monoisotopic (exact) mass is 783 g/mol. The summed E-state index contributed by atoms with van der Waals surface area (Å²) in [6.07, 6.45) is -3.27. The van der Waals surface area contributed by atoms with Crippen LogP contribution in [-0.2, 0) is 22.5 Å². The van der Waals surface area contributed by atoms with Crippen LogP contribution in [0.3, 0.4) is 0 Å². The smallest absolute Gasteiger partial charge is 0.423 e. The second-order valence-corrected chi connectivity index (χ2v) is 11.0. The summed E-state index contributed by atoms with van der Waals surface area (Å²) in [5, 5.41) is 4.61. The van der Waals surface area contributed by atoms with Crippen LogP contribution in [0.1, 0.15) is 41.6 Å². The average Bonchev–Trinajstić information content (AvgIpc) is 3.69. The van der Waals surface area contributed by atoms with Crippen molar-refractivity contribution in [3.63, 3.8) is 0 Å². The van der Waals surface area contributed by atoms with Crippen LogP contribution in [0.2, 0.25) is 5.02 Å². The number of pyridine rings is 1. The van der Waals surface area contributed by atoms with E-state index >= 15 is 0 Å². The molecule has 1 aliphatic heterocycles. The summed E-state index contributed by atoms with van der Waals surface area (Å²) >= 11 is 5.81. The Morgan fingerprint density at radius 1 is 1.22 bits per heavy atom. The molecule has 18 heteroatoms. The van der Waals surface area contributed by atoms with Gasteiger partial charge in [0.2, 0.25) is 0 Å². The predicted octanol–water partition coefficient (Wildman–Crippen LogP) is 2.05. The van der Waals surface area contributed by atoms with Crippen molar-refractivity contribution in [2.24, 2.45) is 11.7 Å². The minimum Gasteiger partial charge on any atom is -0.423 e. The number of halogens is 6. The van der Waals surface area contributed by atoms with Gasteiger partial charge in [-0.1, -0.05) is 24.6 Å². The van der Waals surface area contributed by atoms with Crippen LogP contribution in [0.15, 0.2) is 36.8 Å². The van der Waals surface area contributed by atoms with E-state index in [0.717, 1.165) is 22.4 Å². The number of hydrogen-bond acceptors (Lipinski definition) is 8. The number of rotatable bonds is 9. The van der Waals surface area contributed by atoms with Gasteiger partial charge in [0.1, 0.15) is 5.82 Å². The summed E-state index contributed by atoms with van der Waals surface area (Å²) in [7, 11) is 0. The van der Waals surface area contributed by atoms with Gasteiger partial charge in [0.15, 0.2) is 5.75 Å². The van der Waals surface area contributed by atoms with Gasteiger partial charge in [0.05, 0.1) is 22.8 Å². The third kappa shape index (κ3) is 7.15. The number of fused-ring (bicyclic) bond motifs is 2. The van der Waals surface area contributed by atoms with Crippen LogP contribution in [0, 0.1) is 12.0 Å². The fraction of sp³-hybridized carbons (Fsp3) is 0.321. The Hall–Kier alpha value is -2.52. The molecule has 0 saturated heterocycles. The number of carbonyl (C=O) groups excluding carboxylic acids is 2. The van der Waals surface area contributed by atoms with E-state index in [4.69, 9.17) is 22.1 Å². The molecule has 46 heavy (non-hydrogen) atoms. The van der Waals surface area contributed by atoms with E-state index in [-0.39, 0.29) is 131 Å². The maximum absolute atomic E-state index is 14.9. The van der Waals surface area contributed by atoms with Crippen molar-refractivity contribution in [1.82, 2.24) is 24.7 Å². The first-order valence-electron chi connectivity index (χ1n) is 13.5. The van der Waals surface area contributed by atoms with Gasteiger partial charge in [-0.3, -0.25) is 14.5 Å². The Morgan fingerprint density at radius 3 is 2.54 bits per heavy atom. The summed E-state index contributed by atoms with van der Waals surface area (Å²) in [6, 6.07) is 4.08. The SMILES string of the molecule is C[C-](COC(F)(F)F)n1ncc2c(-c3ccc4c(c3)OC(F)(F)C(=O)N4Cc3ncc(Cl)cn3)c(C(N)=O)c(CC3CC3)nc21.[Cs+]. The molecule has 0 unspecified atom stereocenters. The summed E-state index contributed by atoms with van der Waals surface area (Å²) in [4.78, 5) is 38.9. The van der Waals surface area contributed by atoms with Crippen LogP contribution in [0.5, 0.6) is 5.75 Å². The first kappa shape index (κ1) is 34.8. The largest absolute Gasteiger partial charge is 1.00 e. The van der Waals surface area contributed by atoms with Gasteiger partial charge in [-0.15, -0.1) is 19.2 Å². The number of alkyl halides is 5. The Bertz CT molecular complexity index is 1820. The van der Waals surface area contributed by atoms with E-state index in [0.29, 0.717) is 6.42 Å². The summed E-state index contributed by atoms with van der Waals surface area (Å²) in [5.41, 5.74) is 6.54. The maximum atomic E-state index is 14.9. The first-order valence-corrected chi connectivity index (χ1v) is 13.8. The molecule has 0 radical (unpaired) electrons. The molecule has 2 N–H and O–H groups in total. The summed E-state index contributed by atoms with van der Waals surface area (Å²) < 4.78 is 78.0. The number of aromatic nitrogens is 5. The fourth-order valence-electron chi connectivity index (χ4n) is 5.07. The molecular weight excluding hydrogens is 762 g/mol. The minimum absolute atomic E-state index is 0. The molecule has 1 aromatic carbocycles. The van der Waals surface area contributed by atoms with E-state index in [1.54, 1.807) is 0 Å². The van der Waals surface area contributed by atoms with E-state index in [1.165, 1.54) is 43.7 Å².